The van der Waals surface area contributed by atoms with Crippen LogP contribution in [0.2, 0.25) is 0 Å². The van der Waals surface area contributed by atoms with E-state index in [1.54, 1.807) is 5.92 Å². The first-order valence-corrected chi connectivity index (χ1v) is 2.71. The molecule has 0 saturated heterocycles. The van der Waals surface area contributed by atoms with Crippen molar-refractivity contribution in [3.63, 3.8) is 0 Å². The highest BCUT2D eigenvalue weighted by molar-refractivity contribution is 4.88. The molecule has 1 fully saturated rings. The van der Waals surface area contributed by atoms with Crippen molar-refractivity contribution in [3.8, 4) is 0 Å². The molecule has 0 aliphatic heterocycles. The Morgan fingerprint density at radius 1 is 1.17 bits per heavy atom. The zero-order chi connectivity index (χ0) is 4.41. The summed E-state index contributed by atoms with van der Waals surface area (Å²) in [5, 5.41) is 0. The predicted octanol–water partition coefficient (Wildman–Crippen LogP) is 2.15. The molecule has 0 spiro atoms. The van der Waals surface area contributed by atoms with Crippen molar-refractivity contribution in [2.45, 2.75) is 32.6 Å². The molecule has 0 aromatic rings. The van der Waals surface area contributed by atoms with E-state index in [0.29, 0.717) is 0 Å². The summed E-state index contributed by atoms with van der Waals surface area (Å²) < 4.78 is 0. The van der Waals surface area contributed by atoms with Crippen LogP contribution in [-0.4, -0.2) is 0 Å². The molecule has 0 heteroatoms. The van der Waals surface area contributed by atoms with Crippen LogP contribution in [-0.2, 0) is 0 Å². The lowest BCUT2D eigenvalue weighted by Crippen LogP contribution is -1.74. The highest BCUT2D eigenvalue weighted by Crippen LogP contribution is 2.24. The Bertz CT molecular complexity index is 33.3. The van der Waals surface area contributed by atoms with Gasteiger partial charge in [0.25, 0.3) is 0 Å². The van der Waals surface area contributed by atoms with Crippen LogP contribution >= 0.6 is 0 Å². The first-order valence-electron chi connectivity index (χ1n) is 2.71. The van der Waals surface area contributed by atoms with Gasteiger partial charge in [0.1, 0.15) is 0 Å². The fourth-order valence-corrected chi connectivity index (χ4v) is 0.979. The summed E-state index contributed by atoms with van der Waals surface area (Å²) in [6.07, 6.45) is 5.71. The highest BCUT2D eigenvalue weighted by atomic mass is 14.1. The van der Waals surface area contributed by atoms with Gasteiger partial charge < -0.3 is 0 Å². The van der Waals surface area contributed by atoms with Crippen LogP contribution in [0.25, 0.3) is 0 Å². The Morgan fingerprint density at radius 3 is 1.83 bits per heavy atom. The van der Waals surface area contributed by atoms with Crippen molar-refractivity contribution in [3.05, 3.63) is 5.92 Å². The van der Waals surface area contributed by atoms with E-state index >= 15 is 0 Å². The third-order valence-corrected chi connectivity index (χ3v) is 1.46. The number of rotatable bonds is 0. The standard InChI is InChI=1S/C6H11/c1-6-4-2-3-5-6/h2-5H2,1H3/q+1. The van der Waals surface area contributed by atoms with Crippen LogP contribution in [0.3, 0.4) is 0 Å². The molecule has 6 heavy (non-hydrogen) atoms. The highest BCUT2D eigenvalue weighted by Gasteiger charge is 2.18. The maximum absolute atomic E-state index is 2.26. The quantitative estimate of drug-likeness (QED) is 0.394. The third-order valence-electron chi connectivity index (χ3n) is 1.46. The Hall–Kier alpha value is -0.130. The first kappa shape index (κ1) is 4.04. The fraction of sp³-hybridized carbons (Fsp3) is 0.833. The smallest absolute Gasteiger partial charge is 0.00830 e. The lowest BCUT2D eigenvalue weighted by atomic mass is 10.2. The summed E-state index contributed by atoms with van der Waals surface area (Å²) in [5.41, 5.74) is 0. The Balaban J connectivity index is 2.18. The average molecular weight is 83.2 g/mol. The SMILES string of the molecule is C[C+]1CCCC1. The molecule has 0 amide bonds. The normalized spacial score (nSPS) is 22.5. The van der Waals surface area contributed by atoms with Crippen LogP contribution in [0.1, 0.15) is 32.6 Å². The summed E-state index contributed by atoms with van der Waals surface area (Å²) in [6.45, 7) is 2.26. The molecule has 34 valence electrons. The minimum Gasteiger partial charge on any atom is -0.00830 e. The molecule has 1 rings (SSSR count). The van der Waals surface area contributed by atoms with Gasteiger partial charge >= 0.3 is 0 Å². The van der Waals surface area contributed by atoms with Crippen molar-refractivity contribution in [1.82, 2.24) is 0 Å². The predicted molar refractivity (Wildman–Crippen MR) is 27.4 cm³/mol. The van der Waals surface area contributed by atoms with E-state index in [1.807, 2.05) is 0 Å². The van der Waals surface area contributed by atoms with Crippen LogP contribution in [0.4, 0.5) is 0 Å². The van der Waals surface area contributed by atoms with Gasteiger partial charge in [0.2, 0.25) is 0 Å². The molecule has 1 saturated carbocycles. The molecular weight excluding hydrogens is 72.1 g/mol. The van der Waals surface area contributed by atoms with Crippen molar-refractivity contribution < 1.29 is 0 Å². The van der Waals surface area contributed by atoms with Crippen LogP contribution in [0.5, 0.6) is 0 Å². The van der Waals surface area contributed by atoms with E-state index in [2.05, 4.69) is 6.92 Å². The van der Waals surface area contributed by atoms with E-state index in [0.717, 1.165) is 0 Å². The van der Waals surface area contributed by atoms with Gasteiger partial charge in [-0.15, -0.1) is 0 Å². The summed E-state index contributed by atoms with van der Waals surface area (Å²) in [6, 6.07) is 0. The molecule has 1 aliphatic rings. The Kier molecular flexibility index (Phi) is 1.04. The molecule has 0 N–H and O–H groups in total. The molecule has 0 aromatic carbocycles. The minimum atomic E-state index is 1.40. The molecule has 0 radical (unpaired) electrons. The molecular formula is C6H11+. The van der Waals surface area contributed by atoms with Crippen molar-refractivity contribution in [1.29, 1.82) is 0 Å². The molecule has 0 unspecified atom stereocenters. The van der Waals surface area contributed by atoms with E-state index in [9.17, 15) is 0 Å². The maximum Gasteiger partial charge on any atom is 0.0898 e. The first-order chi connectivity index (χ1) is 2.89. The van der Waals surface area contributed by atoms with E-state index < -0.39 is 0 Å². The fourth-order valence-electron chi connectivity index (χ4n) is 0.979. The van der Waals surface area contributed by atoms with Gasteiger partial charge in [-0.3, -0.25) is 0 Å². The van der Waals surface area contributed by atoms with Gasteiger partial charge in [-0.05, 0) is 12.8 Å². The minimum absolute atomic E-state index is 1.40. The lowest BCUT2D eigenvalue weighted by Gasteiger charge is -1.78. The molecule has 0 aromatic heterocycles. The van der Waals surface area contributed by atoms with Crippen molar-refractivity contribution in [2.24, 2.45) is 0 Å². The second kappa shape index (κ2) is 1.55. The van der Waals surface area contributed by atoms with Crippen LogP contribution in [0.15, 0.2) is 0 Å². The molecule has 0 bridgehead atoms. The van der Waals surface area contributed by atoms with Gasteiger partial charge in [-0.25, -0.2) is 0 Å². The summed E-state index contributed by atoms with van der Waals surface area (Å²) in [5.74, 6) is 1.70. The molecule has 0 heterocycles. The van der Waals surface area contributed by atoms with Gasteiger partial charge in [-0.1, -0.05) is 0 Å². The van der Waals surface area contributed by atoms with Gasteiger partial charge in [0, 0.05) is 0 Å². The lowest BCUT2D eigenvalue weighted by molar-refractivity contribution is 0.886. The second-order valence-electron chi connectivity index (χ2n) is 2.16. The Morgan fingerprint density at radius 2 is 1.67 bits per heavy atom. The average Bonchev–Trinajstić information content (AvgIpc) is 1.86. The monoisotopic (exact) mass is 83.1 g/mol. The summed E-state index contributed by atoms with van der Waals surface area (Å²) in [4.78, 5) is 0. The van der Waals surface area contributed by atoms with E-state index in [-0.39, 0.29) is 0 Å². The maximum atomic E-state index is 2.26. The number of hydrogen-bond acceptors (Lipinski definition) is 0. The van der Waals surface area contributed by atoms with Gasteiger partial charge in [0.05, 0.1) is 25.7 Å². The second-order valence-corrected chi connectivity index (χ2v) is 2.16. The topological polar surface area (TPSA) is 0 Å². The third kappa shape index (κ3) is 0.675. The van der Waals surface area contributed by atoms with Crippen molar-refractivity contribution in [2.75, 3.05) is 0 Å². The largest absolute Gasteiger partial charge is 0.0898 e. The summed E-state index contributed by atoms with van der Waals surface area (Å²) in [7, 11) is 0. The number of hydrogen-bond donors (Lipinski definition) is 0. The van der Waals surface area contributed by atoms with Gasteiger partial charge in [-0.2, -0.15) is 0 Å². The van der Waals surface area contributed by atoms with E-state index in [4.69, 9.17) is 0 Å². The zero-order valence-electron chi connectivity index (χ0n) is 4.33. The zero-order valence-corrected chi connectivity index (χ0v) is 4.33. The van der Waals surface area contributed by atoms with Crippen LogP contribution < -0.4 is 0 Å². The van der Waals surface area contributed by atoms with Crippen LogP contribution in [0, 0.1) is 5.92 Å². The van der Waals surface area contributed by atoms with Gasteiger partial charge in [0.15, 0.2) is 0 Å². The molecule has 1 aliphatic carbocycles. The Labute approximate surface area is 39.6 Å². The van der Waals surface area contributed by atoms with E-state index in [1.165, 1.54) is 25.7 Å². The molecule has 0 atom stereocenters. The van der Waals surface area contributed by atoms with Crippen molar-refractivity contribution >= 4 is 0 Å². The molecule has 0 nitrogen and oxygen atoms in total. The summed E-state index contributed by atoms with van der Waals surface area (Å²) >= 11 is 0.